The van der Waals surface area contributed by atoms with Gasteiger partial charge in [-0.25, -0.2) is 0 Å². The Morgan fingerprint density at radius 3 is 2.58 bits per heavy atom. The van der Waals surface area contributed by atoms with Gasteiger partial charge in [0.05, 0.1) is 6.54 Å². The average Bonchev–Trinajstić information content (AvgIpc) is 2.63. The summed E-state index contributed by atoms with van der Waals surface area (Å²) in [5.74, 6) is 0.0592. The number of Topliss-reactive ketones (excluding diaryl/α,β-unsaturated/α-hetero) is 1. The molecule has 0 spiro atoms. The summed E-state index contributed by atoms with van der Waals surface area (Å²) in [5, 5.41) is 7.19. The fourth-order valence-corrected chi connectivity index (χ4v) is 1.15. The molecule has 0 amide bonds. The van der Waals surface area contributed by atoms with Gasteiger partial charge in [0.1, 0.15) is 17.5 Å². The number of aromatic nitrogens is 3. The molecule has 4 nitrogen and oxygen atoms in total. The molecule has 1 fully saturated rings. The van der Waals surface area contributed by atoms with E-state index in [1.807, 2.05) is 0 Å². The lowest BCUT2D eigenvalue weighted by Crippen LogP contribution is -2.20. The summed E-state index contributed by atoms with van der Waals surface area (Å²) in [5.41, 5.74) is 0. The Hall–Kier alpha value is -0.900. The molecule has 1 aromatic heterocycles. The number of hydrogen-bond acceptors (Lipinski definition) is 3. The molecule has 1 heterocycles. The van der Waals surface area contributed by atoms with E-state index < -0.39 is 4.87 Å². The molecule has 64 valence electrons. The van der Waals surface area contributed by atoms with Gasteiger partial charge in [-0.2, -0.15) is 0 Å². The number of carbonyl (C=O) groups excluding carboxylic acids is 1. The van der Waals surface area contributed by atoms with Gasteiger partial charge in [0.2, 0.25) is 0 Å². The van der Waals surface area contributed by atoms with Gasteiger partial charge in [0.25, 0.3) is 0 Å². The summed E-state index contributed by atoms with van der Waals surface area (Å²) in [4.78, 5) is 10.8. The highest BCUT2D eigenvalue weighted by Crippen LogP contribution is 2.43. The molecule has 5 heteroatoms. The first-order valence-corrected chi connectivity index (χ1v) is 4.13. The molecule has 0 saturated heterocycles. The van der Waals surface area contributed by atoms with Crippen molar-refractivity contribution in [2.75, 3.05) is 0 Å². The van der Waals surface area contributed by atoms with E-state index in [9.17, 15) is 4.79 Å². The van der Waals surface area contributed by atoms with E-state index in [-0.39, 0.29) is 12.3 Å². The zero-order chi connectivity index (χ0) is 8.60. The van der Waals surface area contributed by atoms with Crippen LogP contribution in [0.1, 0.15) is 12.8 Å². The van der Waals surface area contributed by atoms with Gasteiger partial charge >= 0.3 is 0 Å². The molecule has 2 rings (SSSR count). The van der Waals surface area contributed by atoms with E-state index in [0.29, 0.717) is 0 Å². The van der Waals surface area contributed by atoms with E-state index in [0.717, 1.165) is 12.8 Å². The summed E-state index contributed by atoms with van der Waals surface area (Å²) < 4.78 is 1.63. The van der Waals surface area contributed by atoms with Crippen LogP contribution in [0.15, 0.2) is 12.7 Å². The Morgan fingerprint density at radius 2 is 2.08 bits per heavy atom. The van der Waals surface area contributed by atoms with Crippen molar-refractivity contribution in [3.63, 3.8) is 0 Å². The molecular weight excluding hydrogens is 178 g/mol. The van der Waals surface area contributed by atoms with Crippen LogP contribution in [0.5, 0.6) is 0 Å². The highest BCUT2D eigenvalue weighted by atomic mass is 35.5. The van der Waals surface area contributed by atoms with E-state index in [2.05, 4.69) is 10.2 Å². The maximum absolute atomic E-state index is 11.4. The molecule has 1 aliphatic rings. The van der Waals surface area contributed by atoms with Crippen molar-refractivity contribution in [3.05, 3.63) is 12.7 Å². The van der Waals surface area contributed by atoms with Crippen LogP contribution in [0.4, 0.5) is 0 Å². The third-order valence-corrected chi connectivity index (χ3v) is 2.57. The fourth-order valence-electron chi connectivity index (χ4n) is 1.000. The van der Waals surface area contributed by atoms with Gasteiger partial charge < -0.3 is 4.57 Å². The third kappa shape index (κ3) is 1.34. The first-order chi connectivity index (χ1) is 5.71. The van der Waals surface area contributed by atoms with Crippen molar-refractivity contribution in [2.45, 2.75) is 24.3 Å². The van der Waals surface area contributed by atoms with Crippen LogP contribution < -0.4 is 0 Å². The number of rotatable bonds is 3. The zero-order valence-electron chi connectivity index (χ0n) is 6.40. The van der Waals surface area contributed by atoms with Gasteiger partial charge in [-0.3, -0.25) is 4.79 Å². The van der Waals surface area contributed by atoms with Gasteiger partial charge in [0, 0.05) is 0 Å². The van der Waals surface area contributed by atoms with E-state index in [1.54, 1.807) is 4.57 Å². The largest absolute Gasteiger partial charge is 0.313 e. The van der Waals surface area contributed by atoms with Crippen molar-refractivity contribution in [3.8, 4) is 0 Å². The lowest BCUT2D eigenvalue weighted by Gasteiger charge is -2.03. The Balaban J connectivity index is 2.00. The summed E-state index contributed by atoms with van der Waals surface area (Å²) >= 11 is 5.91. The van der Waals surface area contributed by atoms with E-state index >= 15 is 0 Å². The number of alkyl halides is 1. The summed E-state index contributed by atoms with van der Waals surface area (Å²) in [7, 11) is 0. The van der Waals surface area contributed by atoms with Crippen molar-refractivity contribution < 1.29 is 4.79 Å². The topological polar surface area (TPSA) is 47.8 Å². The van der Waals surface area contributed by atoms with E-state index in [1.165, 1.54) is 12.7 Å². The third-order valence-electron chi connectivity index (χ3n) is 1.98. The number of ketones is 1. The Kier molecular flexibility index (Phi) is 1.65. The summed E-state index contributed by atoms with van der Waals surface area (Å²) in [6.07, 6.45) is 4.63. The summed E-state index contributed by atoms with van der Waals surface area (Å²) in [6, 6.07) is 0. The Bertz CT molecular complexity index is 292. The normalized spacial score (nSPS) is 19.1. The highest BCUT2D eigenvalue weighted by molar-refractivity contribution is 6.37. The molecule has 0 unspecified atom stereocenters. The van der Waals surface area contributed by atoms with Crippen LogP contribution in [0, 0.1) is 0 Å². The minimum atomic E-state index is -0.565. The minimum Gasteiger partial charge on any atom is -0.313 e. The van der Waals surface area contributed by atoms with Gasteiger partial charge in [-0.05, 0) is 12.8 Å². The van der Waals surface area contributed by atoms with Gasteiger partial charge in [-0.15, -0.1) is 21.8 Å². The maximum atomic E-state index is 11.4. The van der Waals surface area contributed by atoms with Crippen molar-refractivity contribution in [2.24, 2.45) is 0 Å². The molecule has 0 N–H and O–H groups in total. The molecule has 1 aliphatic carbocycles. The van der Waals surface area contributed by atoms with Crippen LogP contribution in [0.3, 0.4) is 0 Å². The van der Waals surface area contributed by atoms with Gasteiger partial charge in [-0.1, -0.05) is 0 Å². The number of hydrogen-bond donors (Lipinski definition) is 0. The van der Waals surface area contributed by atoms with Crippen molar-refractivity contribution >= 4 is 17.4 Å². The van der Waals surface area contributed by atoms with E-state index in [4.69, 9.17) is 11.6 Å². The molecule has 1 aromatic rings. The molecular formula is C7H8ClN3O. The molecule has 1 saturated carbocycles. The number of nitrogens with zero attached hydrogens (tertiary/aromatic N) is 3. The average molecular weight is 186 g/mol. The van der Waals surface area contributed by atoms with Crippen LogP contribution in [0.25, 0.3) is 0 Å². The molecule has 0 atom stereocenters. The first kappa shape index (κ1) is 7.73. The summed E-state index contributed by atoms with van der Waals surface area (Å²) in [6.45, 7) is 0.288. The Morgan fingerprint density at radius 1 is 1.50 bits per heavy atom. The van der Waals surface area contributed by atoms with Gasteiger partial charge in [0.15, 0.2) is 5.78 Å². The molecule has 0 aliphatic heterocycles. The monoisotopic (exact) mass is 185 g/mol. The predicted octanol–water partition coefficient (Wildman–Crippen LogP) is 0.619. The SMILES string of the molecule is O=C(Cn1cnnc1)C1(Cl)CC1. The standard InChI is InChI=1S/C7H8ClN3O/c8-7(1-2-7)6(12)3-11-4-9-10-5-11/h4-5H,1-3H2. The highest BCUT2D eigenvalue weighted by Gasteiger charge is 2.47. The molecule has 12 heavy (non-hydrogen) atoms. The molecule has 0 bridgehead atoms. The van der Waals surface area contributed by atoms with Crippen LogP contribution in [-0.2, 0) is 11.3 Å². The maximum Gasteiger partial charge on any atom is 0.173 e. The molecule has 0 aromatic carbocycles. The first-order valence-electron chi connectivity index (χ1n) is 3.75. The zero-order valence-corrected chi connectivity index (χ0v) is 7.16. The van der Waals surface area contributed by atoms with Crippen molar-refractivity contribution in [1.82, 2.24) is 14.8 Å². The predicted molar refractivity (Wildman–Crippen MR) is 42.8 cm³/mol. The lowest BCUT2D eigenvalue weighted by molar-refractivity contribution is -0.120. The number of halogens is 1. The van der Waals surface area contributed by atoms with Crippen LogP contribution in [-0.4, -0.2) is 25.4 Å². The van der Waals surface area contributed by atoms with Crippen LogP contribution >= 0.6 is 11.6 Å². The van der Waals surface area contributed by atoms with Crippen LogP contribution in [0.2, 0.25) is 0 Å². The fraction of sp³-hybridized carbons (Fsp3) is 0.571. The second-order valence-corrected chi connectivity index (χ2v) is 3.75. The lowest BCUT2D eigenvalue weighted by atomic mass is 10.2. The quantitative estimate of drug-likeness (QED) is 0.649. The second kappa shape index (κ2) is 2.55. The smallest absolute Gasteiger partial charge is 0.173 e. The minimum absolute atomic E-state index is 0.0592. The molecule has 0 radical (unpaired) electrons. The Labute approximate surface area is 74.5 Å². The van der Waals surface area contributed by atoms with Crippen molar-refractivity contribution in [1.29, 1.82) is 0 Å². The number of carbonyl (C=O) groups is 1. The second-order valence-electron chi connectivity index (χ2n) is 3.02.